The Labute approximate surface area is 398 Å². The molecule has 0 radical (unpaired) electrons. The molecule has 3 aliphatic carbocycles. The van der Waals surface area contributed by atoms with Gasteiger partial charge in [-0.1, -0.05) is 66.1 Å². The summed E-state index contributed by atoms with van der Waals surface area (Å²) in [5, 5.41) is 44.3. The Morgan fingerprint density at radius 2 is 1.66 bits per heavy atom. The van der Waals surface area contributed by atoms with E-state index in [1.807, 2.05) is 13.0 Å². The molecule has 1 spiro atoms. The zero-order chi connectivity index (χ0) is 48.1. The minimum absolute atomic E-state index is 0.00628. The number of benzene rings is 1. The highest BCUT2D eigenvalue weighted by Crippen LogP contribution is 2.55. The predicted molar refractivity (Wildman–Crippen MR) is 241 cm³/mol. The van der Waals surface area contributed by atoms with E-state index in [9.17, 15) is 39.6 Å². The number of rotatable bonds is 8. The molecule has 67 heavy (non-hydrogen) atoms. The monoisotopic (exact) mass is 998 g/mol. The Morgan fingerprint density at radius 3 is 2.39 bits per heavy atom. The van der Waals surface area contributed by atoms with Gasteiger partial charge >= 0.3 is 23.9 Å². The standard InChI is InChI=1S/C50H63BrO16/c1-24-23-50-29(20-31(24)45(55)56)13-10-8-7-9-12-28-16-17-30-32(49(28,5)48(59)66-43(44(50)54)47(58)67-50)14-11-15-35(30)63-38-21-34(52)42(27(4)62-38)65-39-22-37(41(53)26(3)61-39)64-46(57)40-25(2)33(51)18-19-36(40)60-6/h10,13,16-20,24,26-30,32,34-35,37-39,41-42,52-54H,7-9,11-12,14-15,21-23H2,1-6H3,(H,55,56)/b13-10+/t24-,26?,27?,28-,29-,30+,32-,34?,35+,37?,38?,39?,41?,42?,49-,50+/m1/s1. The van der Waals surface area contributed by atoms with Crippen molar-refractivity contribution in [2.45, 2.75) is 160 Å². The fourth-order valence-corrected chi connectivity index (χ4v) is 12.0. The third kappa shape index (κ3) is 9.26. The van der Waals surface area contributed by atoms with Crippen molar-refractivity contribution in [2.75, 3.05) is 7.11 Å². The maximum Gasteiger partial charge on any atom is 0.379 e. The van der Waals surface area contributed by atoms with Gasteiger partial charge in [-0.25, -0.2) is 14.4 Å². The van der Waals surface area contributed by atoms with Crippen molar-refractivity contribution >= 4 is 39.8 Å². The van der Waals surface area contributed by atoms with Gasteiger partial charge in [0.15, 0.2) is 23.9 Å². The summed E-state index contributed by atoms with van der Waals surface area (Å²) in [5.74, 6) is -6.30. The van der Waals surface area contributed by atoms with Crippen molar-refractivity contribution in [3.8, 4) is 5.75 Å². The van der Waals surface area contributed by atoms with E-state index >= 15 is 0 Å². The summed E-state index contributed by atoms with van der Waals surface area (Å²) in [5.41, 5.74) is -1.75. The van der Waals surface area contributed by atoms with Gasteiger partial charge < -0.3 is 58.3 Å². The van der Waals surface area contributed by atoms with Crippen LogP contribution in [0.3, 0.4) is 0 Å². The SMILES string of the molecule is COc1ccc(Br)c(C)c1C(=O)OC1CC(OC2C(O)CC(O[C@H]3CCC[C@@H]4[C@@H]3C=C[C@H]3CCCC/C=C/[C@@H]5C=C(C(=O)O)[C@H](C)C[C@]56OC(=O)C(=C6O)OC(=O)[C@@]43C)OC2C)OC(C)C1O. The molecule has 2 saturated heterocycles. The molecule has 2 bridgehead atoms. The summed E-state index contributed by atoms with van der Waals surface area (Å²) in [6, 6.07) is 3.42. The smallest absolute Gasteiger partial charge is 0.379 e. The normalized spacial score (nSPS) is 40.5. The van der Waals surface area contributed by atoms with Gasteiger partial charge in [-0.3, -0.25) is 4.79 Å². The Bertz CT molecular complexity index is 2210. The lowest BCUT2D eigenvalue weighted by Crippen LogP contribution is -2.56. The van der Waals surface area contributed by atoms with E-state index in [4.69, 9.17) is 37.9 Å². The molecule has 0 amide bonds. The van der Waals surface area contributed by atoms with Crippen LogP contribution in [0, 0.1) is 41.9 Å². The van der Waals surface area contributed by atoms with Crippen LogP contribution in [0.4, 0.5) is 0 Å². The highest BCUT2D eigenvalue weighted by Gasteiger charge is 2.60. The number of carbonyl (C=O) groups excluding carboxylic acids is 3. The van der Waals surface area contributed by atoms with Gasteiger partial charge in [0, 0.05) is 41.1 Å². The van der Waals surface area contributed by atoms with E-state index in [1.165, 1.54) is 13.2 Å². The third-order valence-corrected chi connectivity index (χ3v) is 16.3. The molecule has 3 fully saturated rings. The van der Waals surface area contributed by atoms with Crippen molar-refractivity contribution in [1.29, 1.82) is 0 Å². The molecule has 1 aromatic rings. The van der Waals surface area contributed by atoms with Gasteiger partial charge in [0.25, 0.3) is 5.76 Å². The van der Waals surface area contributed by atoms with Crippen LogP contribution in [-0.2, 0) is 47.5 Å². The first kappa shape index (κ1) is 49.3. The van der Waals surface area contributed by atoms with Gasteiger partial charge in [0.05, 0.1) is 36.9 Å². The van der Waals surface area contributed by atoms with Gasteiger partial charge in [-0.2, -0.15) is 0 Å². The molecule has 366 valence electrons. The first-order chi connectivity index (χ1) is 31.9. The zero-order valence-corrected chi connectivity index (χ0v) is 40.3. The second-order valence-corrected chi connectivity index (χ2v) is 20.4. The molecule has 4 heterocycles. The van der Waals surface area contributed by atoms with Crippen molar-refractivity contribution in [3.63, 3.8) is 0 Å². The van der Waals surface area contributed by atoms with Gasteiger partial charge in [0.1, 0.15) is 29.6 Å². The average Bonchev–Trinajstić information content (AvgIpc) is 3.50. The number of carboxylic acids is 1. The lowest BCUT2D eigenvalue weighted by molar-refractivity contribution is -0.318. The van der Waals surface area contributed by atoms with Crippen LogP contribution in [-0.4, -0.2) is 112 Å². The highest BCUT2D eigenvalue weighted by molar-refractivity contribution is 9.10. The van der Waals surface area contributed by atoms with Gasteiger partial charge in [-0.15, -0.1) is 0 Å². The summed E-state index contributed by atoms with van der Waals surface area (Å²) in [6.07, 6.45) is 6.73. The molecular formula is C50H63BrO16. The van der Waals surface area contributed by atoms with E-state index in [-0.39, 0.29) is 48.2 Å². The lowest BCUT2D eigenvalue weighted by Gasteiger charge is -2.51. The van der Waals surface area contributed by atoms with Crippen LogP contribution in [0.1, 0.15) is 108 Å². The molecule has 1 aromatic carbocycles. The molecule has 17 heteroatoms. The number of aliphatic hydroxyl groups excluding tert-OH is 3. The van der Waals surface area contributed by atoms with Crippen LogP contribution in [0.5, 0.6) is 5.75 Å². The van der Waals surface area contributed by atoms with Crippen molar-refractivity contribution in [1.82, 2.24) is 0 Å². The molecule has 8 unspecified atom stereocenters. The van der Waals surface area contributed by atoms with E-state index in [1.54, 1.807) is 45.9 Å². The minimum Gasteiger partial charge on any atom is -0.505 e. The number of ether oxygens (including phenoxy) is 8. The molecule has 16 atom stereocenters. The molecule has 4 aliphatic heterocycles. The molecule has 0 aromatic heterocycles. The van der Waals surface area contributed by atoms with Crippen LogP contribution in [0.15, 0.2) is 64.1 Å². The van der Waals surface area contributed by atoms with E-state index in [2.05, 4.69) is 28.1 Å². The number of fused-ring (bicyclic) bond motifs is 3. The summed E-state index contributed by atoms with van der Waals surface area (Å²) < 4.78 is 49.3. The summed E-state index contributed by atoms with van der Waals surface area (Å²) in [7, 11) is 1.46. The molecule has 4 N–H and O–H groups in total. The molecular weight excluding hydrogens is 936 g/mol. The number of methoxy groups -OCH3 is 1. The first-order valence-corrected chi connectivity index (χ1v) is 24.4. The Balaban J connectivity index is 0.952. The molecule has 16 nitrogen and oxygen atoms in total. The van der Waals surface area contributed by atoms with E-state index in [0.717, 1.165) is 19.3 Å². The number of carboxylic acid groups (broad SMARTS) is 1. The largest absolute Gasteiger partial charge is 0.505 e. The van der Waals surface area contributed by atoms with Crippen LogP contribution in [0.25, 0.3) is 0 Å². The summed E-state index contributed by atoms with van der Waals surface area (Å²) in [4.78, 5) is 54.0. The van der Waals surface area contributed by atoms with Crippen molar-refractivity contribution in [3.05, 3.63) is 75.2 Å². The zero-order valence-electron chi connectivity index (χ0n) is 38.8. The van der Waals surface area contributed by atoms with Crippen molar-refractivity contribution < 1.29 is 77.5 Å². The van der Waals surface area contributed by atoms with Gasteiger partial charge in [-0.05, 0) is 95.2 Å². The Kier molecular flexibility index (Phi) is 14.5. The Hall–Kier alpha value is -4.10. The maximum absolute atomic E-state index is 14.8. The maximum atomic E-state index is 14.8. The average molecular weight is 1000 g/mol. The number of aliphatic hydroxyl groups is 3. The number of allylic oxidation sites excluding steroid dienone is 2. The number of hydrogen-bond donors (Lipinski definition) is 4. The van der Waals surface area contributed by atoms with E-state index in [0.29, 0.717) is 41.5 Å². The molecule has 1 saturated carbocycles. The quantitative estimate of drug-likeness (QED) is 0.116. The molecule has 7 aliphatic rings. The number of aliphatic carboxylic acids is 1. The van der Waals surface area contributed by atoms with E-state index < -0.39 is 114 Å². The fraction of sp³-hybridized carbons (Fsp3) is 0.640. The topological polar surface area (TPSA) is 223 Å². The highest BCUT2D eigenvalue weighted by atomic mass is 79.9. The minimum atomic E-state index is -1.62. The number of halogens is 1. The first-order valence-electron chi connectivity index (χ1n) is 23.6. The fourth-order valence-electron chi connectivity index (χ4n) is 11.7. The number of esters is 3. The van der Waals surface area contributed by atoms with Gasteiger partial charge in [0.2, 0.25) is 0 Å². The third-order valence-electron chi connectivity index (χ3n) is 15.5. The summed E-state index contributed by atoms with van der Waals surface area (Å²) in [6.45, 7) is 8.74. The second kappa shape index (κ2) is 19.7. The van der Waals surface area contributed by atoms with Crippen LogP contribution < -0.4 is 4.74 Å². The Morgan fingerprint density at radius 1 is 0.910 bits per heavy atom. The van der Waals surface area contributed by atoms with Crippen LogP contribution in [0.2, 0.25) is 0 Å². The predicted octanol–water partition coefficient (Wildman–Crippen LogP) is 7.07. The molecule has 8 rings (SSSR count). The summed E-state index contributed by atoms with van der Waals surface area (Å²) >= 11 is 3.45. The van der Waals surface area contributed by atoms with Crippen molar-refractivity contribution in [2.24, 2.45) is 35.0 Å². The lowest BCUT2D eigenvalue weighted by atomic mass is 9.55. The van der Waals surface area contributed by atoms with Crippen LogP contribution >= 0.6 is 15.9 Å². The number of hydrogen-bond acceptors (Lipinski definition) is 15. The number of carbonyl (C=O) groups is 4. The second-order valence-electron chi connectivity index (χ2n) is 19.5.